The van der Waals surface area contributed by atoms with Gasteiger partial charge in [-0.1, -0.05) is 18.2 Å². The van der Waals surface area contributed by atoms with Crippen LogP contribution >= 0.6 is 0 Å². The fraction of sp³-hybridized carbons (Fsp3) is 0.346. The lowest BCUT2D eigenvalue weighted by atomic mass is 9.78. The third kappa shape index (κ3) is 3.85. The van der Waals surface area contributed by atoms with E-state index in [9.17, 15) is 23.1 Å². The smallest absolute Gasteiger partial charge is 0.434 e. The molecule has 2 aliphatic rings. The first kappa shape index (κ1) is 23.5. The van der Waals surface area contributed by atoms with Crippen molar-refractivity contribution in [2.75, 3.05) is 36.5 Å². The molecule has 0 bridgehead atoms. The molecule has 4 heterocycles. The molecule has 37 heavy (non-hydrogen) atoms. The minimum absolute atomic E-state index is 0.0297. The standard InChI is InChI=1S/C26H24F3N5O3/c1-14-7-17(15(2)30-19-6-4-3-5-16(19)23(35)36)21-18(8-14)22-31-20(26(27,28)29)9-34(22)24(32-21)33-10-25(11-33)12-37-13-25/h3-9,15,30H,10-13H2,1-2H3,(H,35,36)/t15-/m1/s1. The van der Waals surface area contributed by atoms with Crippen molar-refractivity contribution in [3.8, 4) is 0 Å². The number of nitrogens with zero attached hydrogens (tertiary/aromatic N) is 4. The summed E-state index contributed by atoms with van der Waals surface area (Å²) in [6.45, 7) is 6.27. The number of carboxylic acids is 1. The summed E-state index contributed by atoms with van der Waals surface area (Å²) in [5, 5.41) is 13.3. The maximum Gasteiger partial charge on any atom is 0.434 e. The summed E-state index contributed by atoms with van der Waals surface area (Å²) in [6, 6.07) is 9.89. The number of fused-ring (bicyclic) bond motifs is 3. The highest BCUT2D eigenvalue weighted by Crippen LogP contribution is 2.42. The molecule has 2 aromatic carbocycles. The number of carbonyl (C=O) groups is 1. The number of rotatable bonds is 5. The number of aromatic carboxylic acids is 1. The van der Waals surface area contributed by atoms with Crippen molar-refractivity contribution in [3.05, 3.63) is 65.0 Å². The molecule has 11 heteroatoms. The molecule has 4 aromatic rings. The van der Waals surface area contributed by atoms with Crippen LogP contribution in [0.2, 0.25) is 0 Å². The van der Waals surface area contributed by atoms with Gasteiger partial charge < -0.3 is 20.1 Å². The number of alkyl halides is 3. The van der Waals surface area contributed by atoms with Crippen molar-refractivity contribution in [3.63, 3.8) is 0 Å². The Labute approximate surface area is 209 Å². The molecule has 2 fully saturated rings. The van der Waals surface area contributed by atoms with E-state index in [0.29, 0.717) is 48.8 Å². The number of para-hydroxylation sites is 1. The number of imidazole rings is 1. The van der Waals surface area contributed by atoms with Crippen LogP contribution in [0.1, 0.15) is 40.1 Å². The Morgan fingerprint density at radius 1 is 1.19 bits per heavy atom. The normalized spacial score (nSPS) is 17.6. The van der Waals surface area contributed by atoms with E-state index < -0.39 is 23.9 Å². The van der Waals surface area contributed by atoms with Gasteiger partial charge >= 0.3 is 12.1 Å². The summed E-state index contributed by atoms with van der Waals surface area (Å²) < 4.78 is 47.9. The number of aryl methyl sites for hydroxylation is 1. The van der Waals surface area contributed by atoms with Gasteiger partial charge in [0.25, 0.3) is 0 Å². The summed E-state index contributed by atoms with van der Waals surface area (Å²) in [7, 11) is 0. The third-order valence-electron chi connectivity index (χ3n) is 7.10. The molecule has 0 saturated carbocycles. The van der Waals surface area contributed by atoms with Crippen LogP contribution in [-0.2, 0) is 10.9 Å². The van der Waals surface area contributed by atoms with Crippen molar-refractivity contribution in [1.82, 2.24) is 14.4 Å². The summed E-state index contributed by atoms with van der Waals surface area (Å²) in [5.74, 6) is -0.665. The molecular weight excluding hydrogens is 487 g/mol. The van der Waals surface area contributed by atoms with E-state index in [1.165, 1.54) is 10.5 Å². The second kappa shape index (κ2) is 8.07. The fourth-order valence-corrected chi connectivity index (χ4v) is 5.25. The van der Waals surface area contributed by atoms with Crippen LogP contribution < -0.4 is 10.2 Å². The molecule has 0 unspecified atom stereocenters. The van der Waals surface area contributed by atoms with Crippen molar-refractivity contribution >= 4 is 34.2 Å². The van der Waals surface area contributed by atoms with Gasteiger partial charge in [0.05, 0.1) is 35.8 Å². The van der Waals surface area contributed by atoms with E-state index in [2.05, 4.69) is 10.3 Å². The van der Waals surface area contributed by atoms with Gasteiger partial charge in [-0.2, -0.15) is 13.2 Å². The highest BCUT2D eigenvalue weighted by Gasteiger charge is 2.50. The maximum atomic E-state index is 13.7. The predicted molar refractivity (Wildman–Crippen MR) is 131 cm³/mol. The molecule has 2 aromatic heterocycles. The minimum Gasteiger partial charge on any atom is -0.478 e. The predicted octanol–water partition coefficient (Wildman–Crippen LogP) is 4.92. The van der Waals surface area contributed by atoms with Crippen LogP contribution in [0.4, 0.5) is 24.8 Å². The molecule has 2 N–H and O–H groups in total. The lowest BCUT2D eigenvalue weighted by Crippen LogP contribution is -2.66. The van der Waals surface area contributed by atoms with Crippen LogP contribution in [0.15, 0.2) is 42.6 Å². The maximum absolute atomic E-state index is 13.7. The zero-order valence-corrected chi connectivity index (χ0v) is 20.1. The van der Waals surface area contributed by atoms with Gasteiger partial charge in [-0.05, 0) is 37.6 Å². The Hall–Kier alpha value is -3.86. The molecule has 2 saturated heterocycles. The highest BCUT2D eigenvalue weighted by atomic mass is 19.4. The first-order chi connectivity index (χ1) is 17.5. The first-order valence-electron chi connectivity index (χ1n) is 11.9. The van der Waals surface area contributed by atoms with Crippen molar-refractivity contribution in [2.24, 2.45) is 5.41 Å². The van der Waals surface area contributed by atoms with Crippen LogP contribution in [0.5, 0.6) is 0 Å². The van der Waals surface area contributed by atoms with Crippen molar-refractivity contribution in [1.29, 1.82) is 0 Å². The summed E-state index contributed by atoms with van der Waals surface area (Å²) in [4.78, 5) is 22.5. The number of anilines is 2. The van der Waals surface area contributed by atoms with Gasteiger partial charge in [0.1, 0.15) is 5.65 Å². The van der Waals surface area contributed by atoms with Crippen LogP contribution in [-0.4, -0.2) is 51.7 Å². The Balaban J connectivity index is 1.51. The molecule has 2 aliphatic heterocycles. The molecule has 0 aliphatic carbocycles. The Morgan fingerprint density at radius 2 is 1.92 bits per heavy atom. The third-order valence-corrected chi connectivity index (χ3v) is 7.10. The Kier molecular flexibility index (Phi) is 5.13. The molecular formula is C26H24F3N5O3. The second-order valence-corrected chi connectivity index (χ2v) is 10.0. The second-order valence-electron chi connectivity index (χ2n) is 10.0. The SMILES string of the molecule is Cc1cc([C@@H](C)Nc2ccccc2C(=O)O)c2nc(N3CC4(COC4)C3)n3cc(C(F)(F)F)nc3c2c1. The lowest BCUT2D eigenvalue weighted by molar-refractivity contribution is -0.140. The number of aromatic nitrogens is 3. The van der Waals surface area contributed by atoms with Crippen molar-refractivity contribution in [2.45, 2.75) is 26.1 Å². The van der Waals surface area contributed by atoms with Gasteiger partial charge in [0, 0.05) is 35.9 Å². The Morgan fingerprint density at radius 3 is 2.57 bits per heavy atom. The summed E-state index contributed by atoms with van der Waals surface area (Å²) in [6.07, 6.45) is -3.60. The number of hydrogen-bond donors (Lipinski definition) is 2. The van der Waals surface area contributed by atoms with Gasteiger partial charge in [-0.25, -0.2) is 14.8 Å². The van der Waals surface area contributed by atoms with Crippen molar-refractivity contribution < 1.29 is 27.8 Å². The Bertz CT molecular complexity index is 1550. The molecule has 0 radical (unpaired) electrons. The number of halogens is 3. The fourth-order valence-electron chi connectivity index (χ4n) is 5.25. The van der Waals surface area contributed by atoms with E-state index in [0.717, 1.165) is 17.3 Å². The van der Waals surface area contributed by atoms with E-state index in [1.807, 2.05) is 24.8 Å². The topological polar surface area (TPSA) is 92.0 Å². The van der Waals surface area contributed by atoms with E-state index in [4.69, 9.17) is 9.72 Å². The van der Waals surface area contributed by atoms with Crippen LogP contribution in [0.3, 0.4) is 0 Å². The van der Waals surface area contributed by atoms with Crippen LogP contribution in [0, 0.1) is 12.3 Å². The average molecular weight is 512 g/mol. The number of ether oxygens (including phenoxy) is 1. The minimum atomic E-state index is -4.60. The quantitative estimate of drug-likeness (QED) is 0.393. The monoisotopic (exact) mass is 511 g/mol. The molecule has 1 spiro atoms. The molecule has 0 amide bonds. The van der Waals surface area contributed by atoms with E-state index >= 15 is 0 Å². The average Bonchev–Trinajstić information content (AvgIpc) is 3.24. The molecule has 1 atom stereocenters. The summed E-state index contributed by atoms with van der Waals surface area (Å²) in [5.41, 5.74) is 1.87. The largest absolute Gasteiger partial charge is 0.478 e. The van der Waals surface area contributed by atoms with E-state index in [-0.39, 0.29) is 16.6 Å². The van der Waals surface area contributed by atoms with Gasteiger partial charge in [-0.15, -0.1) is 0 Å². The van der Waals surface area contributed by atoms with Gasteiger partial charge in [0.15, 0.2) is 5.69 Å². The zero-order valence-electron chi connectivity index (χ0n) is 20.1. The number of nitrogens with one attached hydrogen (secondary N) is 1. The first-order valence-corrected chi connectivity index (χ1v) is 11.9. The lowest BCUT2D eigenvalue weighted by Gasteiger charge is -2.55. The molecule has 6 rings (SSSR count). The number of hydrogen-bond acceptors (Lipinski definition) is 6. The molecule has 8 nitrogen and oxygen atoms in total. The van der Waals surface area contributed by atoms with Gasteiger partial charge in [-0.3, -0.25) is 4.40 Å². The highest BCUT2D eigenvalue weighted by molar-refractivity contribution is 5.97. The van der Waals surface area contributed by atoms with E-state index in [1.54, 1.807) is 24.3 Å². The number of benzene rings is 2. The van der Waals surface area contributed by atoms with Crippen LogP contribution in [0.25, 0.3) is 16.6 Å². The summed E-state index contributed by atoms with van der Waals surface area (Å²) >= 11 is 0. The zero-order chi connectivity index (χ0) is 26.1. The van der Waals surface area contributed by atoms with Gasteiger partial charge in [0.2, 0.25) is 5.95 Å². The molecule has 192 valence electrons. The number of carboxylic acid groups (broad SMARTS) is 1.